The molecule has 3 N–H and O–H groups in total. The van der Waals surface area contributed by atoms with Gasteiger partial charge < -0.3 is 15.7 Å². The number of nitrogens with one attached hydrogen (secondary N) is 2. The van der Waals surface area contributed by atoms with Crippen molar-refractivity contribution in [3.63, 3.8) is 0 Å². The van der Waals surface area contributed by atoms with Crippen molar-refractivity contribution in [2.75, 3.05) is 25.0 Å². The number of aliphatic hydroxyl groups is 1. The first-order valence-electron chi connectivity index (χ1n) is 8.95. The summed E-state index contributed by atoms with van der Waals surface area (Å²) in [4.78, 5) is 14.5. The van der Waals surface area contributed by atoms with Crippen LogP contribution in [0.4, 0.5) is 19.3 Å². The molecule has 3 rings (SSSR count). The van der Waals surface area contributed by atoms with Crippen LogP contribution in [0.3, 0.4) is 0 Å². The number of carbonyl (C=O) groups excluding carboxylic acids is 1. The fourth-order valence-electron chi connectivity index (χ4n) is 3.35. The van der Waals surface area contributed by atoms with Gasteiger partial charge in [0.2, 0.25) is 0 Å². The molecule has 1 fully saturated rings. The van der Waals surface area contributed by atoms with Crippen molar-refractivity contribution >= 4 is 11.7 Å². The van der Waals surface area contributed by atoms with E-state index >= 15 is 0 Å². The van der Waals surface area contributed by atoms with Crippen LogP contribution in [0.15, 0.2) is 48.5 Å². The Morgan fingerprint density at radius 1 is 1.19 bits per heavy atom. The molecule has 144 valence electrons. The second kappa shape index (κ2) is 8.92. The van der Waals surface area contributed by atoms with Crippen molar-refractivity contribution < 1.29 is 18.7 Å². The highest BCUT2D eigenvalue weighted by Gasteiger charge is 2.30. The number of anilines is 1. The van der Waals surface area contributed by atoms with Crippen molar-refractivity contribution in [3.8, 4) is 0 Å². The Morgan fingerprint density at radius 2 is 1.96 bits per heavy atom. The van der Waals surface area contributed by atoms with Crippen LogP contribution in [0.5, 0.6) is 0 Å². The first-order valence-corrected chi connectivity index (χ1v) is 8.95. The maximum Gasteiger partial charge on any atom is 0.319 e. The average Bonchev–Trinajstić information content (AvgIpc) is 2.65. The summed E-state index contributed by atoms with van der Waals surface area (Å²) < 4.78 is 26.7. The third-order valence-corrected chi connectivity index (χ3v) is 4.82. The lowest BCUT2D eigenvalue weighted by atomic mass is 9.92. The first kappa shape index (κ1) is 19.3. The lowest BCUT2D eigenvalue weighted by Crippen LogP contribution is -2.54. The third-order valence-electron chi connectivity index (χ3n) is 4.82. The Kier molecular flexibility index (Phi) is 6.36. The van der Waals surface area contributed by atoms with Crippen LogP contribution >= 0.6 is 0 Å². The second-order valence-corrected chi connectivity index (χ2v) is 6.78. The van der Waals surface area contributed by atoms with Crippen molar-refractivity contribution in [1.29, 1.82) is 0 Å². The van der Waals surface area contributed by atoms with Gasteiger partial charge in [0.15, 0.2) is 0 Å². The molecule has 7 heteroatoms. The van der Waals surface area contributed by atoms with E-state index in [1.165, 1.54) is 11.6 Å². The van der Waals surface area contributed by atoms with E-state index in [1.807, 2.05) is 30.3 Å². The number of piperidine rings is 1. The van der Waals surface area contributed by atoms with Crippen LogP contribution in [0, 0.1) is 17.6 Å². The molecule has 1 saturated heterocycles. The summed E-state index contributed by atoms with van der Waals surface area (Å²) in [5.41, 5.74) is 1.09. The highest BCUT2D eigenvalue weighted by molar-refractivity contribution is 5.89. The number of halogens is 2. The third kappa shape index (κ3) is 5.24. The molecule has 0 unspecified atom stereocenters. The number of aliphatic hydroxyl groups excluding tert-OH is 1. The van der Waals surface area contributed by atoms with Crippen LogP contribution in [0.1, 0.15) is 12.0 Å². The van der Waals surface area contributed by atoms with Gasteiger partial charge in [0.25, 0.3) is 0 Å². The van der Waals surface area contributed by atoms with Gasteiger partial charge in [-0.05, 0) is 30.7 Å². The normalized spacial score (nSPS) is 20.3. The van der Waals surface area contributed by atoms with Gasteiger partial charge in [0.05, 0.1) is 5.69 Å². The number of likely N-dealkylation sites (tertiary alicyclic amines) is 1. The zero-order valence-electron chi connectivity index (χ0n) is 14.9. The molecular formula is C20H23F2N3O2. The summed E-state index contributed by atoms with van der Waals surface area (Å²) in [5.74, 6) is -1.61. The van der Waals surface area contributed by atoms with Crippen molar-refractivity contribution in [2.24, 2.45) is 5.92 Å². The largest absolute Gasteiger partial charge is 0.396 e. The molecule has 2 aromatic carbocycles. The molecule has 0 spiro atoms. The lowest BCUT2D eigenvalue weighted by molar-refractivity contribution is 0.0958. The van der Waals surface area contributed by atoms with E-state index in [0.717, 1.165) is 25.6 Å². The number of urea groups is 1. The number of rotatable bonds is 5. The summed E-state index contributed by atoms with van der Waals surface area (Å²) in [6.07, 6.45) is 0.749. The first-order chi connectivity index (χ1) is 13.0. The number of benzene rings is 2. The fraction of sp³-hybridized carbons (Fsp3) is 0.350. The number of carbonyl (C=O) groups is 1. The van der Waals surface area contributed by atoms with Gasteiger partial charge in [-0.1, -0.05) is 30.3 Å². The van der Waals surface area contributed by atoms with Gasteiger partial charge >= 0.3 is 6.03 Å². The van der Waals surface area contributed by atoms with Crippen LogP contribution < -0.4 is 10.6 Å². The monoisotopic (exact) mass is 375 g/mol. The second-order valence-electron chi connectivity index (χ2n) is 6.78. The molecule has 0 aliphatic carbocycles. The summed E-state index contributed by atoms with van der Waals surface area (Å²) in [6, 6.07) is 12.1. The van der Waals surface area contributed by atoms with Crippen LogP contribution in [-0.2, 0) is 6.54 Å². The Morgan fingerprint density at radius 3 is 2.67 bits per heavy atom. The van der Waals surface area contributed by atoms with E-state index in [9.17, 15) is 18.7 Å². The zero-order chi connectivity index (χ0) is 19.2. The molecule has 1 heterocycles. The molecule has 2 atom stereocenters. The minimum absolute atomic E-state index is 0.0327. The van der Waals surface area contributed by atoms with Gasteiger partial charge in [0, 0.05) is 37.7 Å². The van der Waals surface area contributed by atoms with Crippen molar-refractivity contribution in [3.05, 3.63) is 65.7 Å². The quantitative estimate of drug-likeness (QED) is 0.753. The minimum atomic E-state index is -0.835. The van der Waals surface area contributed by atoms with E-state index in [2.05, 4.69) is 15.5 Å². The Bertz CT molecular complexity index is 773. The van der Waals surface area contributed by atoms with Gasteiger partial charge in [-0.25, -0.2) is 13.6 Å². The molecule has 0 aromatic heterocycles. The van der Waals surface area contributed by atoms with Crippen molar-refractivity contribution in [2.45, 2.75) is 19.0 Å². The van der Waals surface area contributed by atoms with Crippen LogP contribution in [0.25, 0.3) is 0 Å². The van der Waals surface area contributed by atoms with E-state index in [0.29, 0.717) is 12.6 Å². The maximum atomic E-state index is 13.7. The summed E-state index contributed by atoms with van der Waals surface area (Å²) >= 11 is 0. The summed E-state index contributed by atoms with van der Waals surface area (Å²) in [6.45, 7) is 2.13. The van der Waals surface area contributed by atoms with E-state index in [1.54, 1.807) is 0 Å². The zero-order valence-corrected chi connectivity index (χ0v) is 14.9. The highest BCUT2D eigenvalue weighted by atomic mass is 19.1. The smallest absolute Gasteiger partial charge is 0.319 e. The molecule has 2 amide bonds. The number of amides is 2. The topological polar surface area (TPSA) is 64.6 Å². The van der Waals surface area contributed by atoms with Crippen LogP contribution in [-0.4, -0.2) is 41.8 Å². The molecule has 0 bridgehead atoms. The number of nitrogens with zero attached hydrogens (tertiary/aromatic N) is 1. The summed E-state index contributed by atoms with van der Waals surface area (Å²) in [7, 11) is 0. The SMILES string of the molecule is O=C(Nc1ccc(F)cc1F)N[C@H]1CN(Cc2ccccc2)CC[C@@H]1CO. The van der Waals surface area contributed by atoms with Gasteiger partial charge in [-0.3, -0.25) is 4.90 Å². The van der Waals surface area contributed by atoms with Crippen LogP contribution in [0.2, 0.25) is 0 Å². The lowest BCUT2D eigenvalue weighted by Gasteiger charge is -2.38. The van der Waals surface area contributed by atoms with Crippen molar-refractivity contribution in [1.82, 2.24) is 10.2 Å². The molecule has 1 aliphatic heterocycles. The van der Waals surface area contributed by atoms with Gasteiger partial charge in [-0.15, -0.1) is 0 Å². The Labute approximate surface area is 157 Å². The highest BCUT2D eigenvalue weighted by Crippen LogP contribution is 2.20. The number of hydrogen-bond acceptors (Lipinski definition) is 3. The molecule has 2 aromatic rings. The average molecular weight is 375 g/mol. The van der Waals surface area contributed by atoms with Gasteiger partial charge in [-0.2, -0.15) is 0 Å². The fourth-order valence-corrected chi connectivity index (χ4v) is 3.35. The molecule has 5 nitrogen and oxygen atoms in total. The van der Waals surface area contributed by atoms with E-state index in [-0.39, 0.29) is 24.3 Å². The molecular weight excluding hydrogens is 352 g/mol. The summed E-state index contributed by atoms with van der Waals surface area (Å²) in [5, 5.41) is 14.8. The van der Waals surface area contributed by atoms with E-state index < -0.39 is 17.7 Å². The minimum Gasteiger partial charge on any atom is -0.396 e. The number of hydrogen-bond donors (Lipinski definition) is 3. The van der Waals surface area contributed by atoms with Gasteiger partial charge in [0.1, 0.15) is 11.6 Å². The molecule has 0 radical (unpaired) electrons. The predicted octanol–water partition coefficient (Wildman–Crippen LogP) is 2.97. The molecule has 27 heavy (non-hydrogen) atoms. The molecule has 1 aliphatic rings. The van der Waals surface area contributed by atoms with E-state index in [4.69, 9.17) is 0 Å². The molecule has 0 saturated carbocycles. The standard InChI is InChI=1S/C20H23F2N3O2/c21-16-6-7-18(17(22)10-16)23-20(27)24-19-12-25(9-8-15(19)13-26)11-14-4-2-1-3-5-14/h1-7,10,15,19,26H,8-9,11-13H2,(H2,23,24,27)/t15-,19+/m1/s1. The Balaban J connectivity index is 1.60. The predicted molar refractivity (Wildman–Crippen MR) is 99.2 cm³/mol. The maximum absolute atomic E-state index is 13.7. The Hall–Kier alpha value is -2.51.